The summed E-state index contributed by atoms with van der Waals surface area (Å²) in [5.74, 6) is -1.10. The van der Waals surface area contributed by atoms with E-state index in [4.69, 9.17) is 4.74 Å². The maximum atomic E-state index is 12.5. The molecule has 0 aliphatic heterocycles. The van der Waals surface area contributed by atoms with E-state index in [-0.39, 0.29) is 24.6 Å². The SMILES string of the molecule is O=C(NC(C(=O)O)C12CC(CCCF)(C1)C2)OCC1c2ccccc2-c2ccccc21. The number of ether oxygens (including phenoxy) is 1. The zero-order valence-corrected chi connectivity index (χ0v) is 17.3. The molecule has 0 spiro atoms. The van der Waals surface area contributed by atoms with Crippen LogP contribution in [0.15, 0.2) is 48.5 Å². The lowest BCUT2D eigenvalue weighted by molar-refractivity contribution is -0.228. The Morgan fingerprint density at radius 3 is 2.19 bits per heavy atom. The quantitative estimate of drug-likeness (QED) is 0.633. The molecule has 0 saturated heterocycles. The van der Waals surface area contributed by atoms with Crippen LogP contribution < -0.4 is 5.32 Å². The second-order valence-corrected chi connectivity index (χ2v) is 9.43. The number of amides is 1. The van der Waals surface area contributed by atoms with E-state index in [1.807, 2.05) is 36.4 Å². The molecule has 5 nitrogen and oxygen atoms in total. The van der Waals surface area contributed by atoms with Crippen LogP contribution in [0.5, 0.6) is 0 Å². The summed E-state index contributed by atoms with van der Waals surface area (Å²) >= 11 is 0. The second-order valence-electron chi connectivity index (χ2n) is 9.43. The van der Waals surface area contributed by atoms with Crippen molar-refractivity contribution in [3.8, 4) is 11.1 Å². The normalized spacial score (nSPS) is 26.1. The zero-order valence-electron chi connectivity index (χ0n) is 17.3. The molecule has 2 bridgehead atoms. The van der Waals surface area contributed by atoms with Crippen molar-refractivity contribution in [1.82, 2.24) is 5.32 Å². The van der Waals surface area contributed by atoms with Gasteiger partial charge >= 0.3 is 12.1 Å². The molecule has 2 N–H and O–H groups in total. The van der Waals surface area contributed by atoms with Gasteiger partial charge in [0.05, 0.1) is 6.67 Å². The van der Waals surface area contributed by atoms with Gasteiger partial charge in [0.15, 0.2) is 0 Å². The van der Waals surface area contributed by atoms with Gasteiger partial charge in [0.2, 0.25) is 0 Å². The summed E-state index contributed by atoms with van der Waals surface area (Å²) in [6.45, 7) is -0.186. The zero-order chi connectivity index (χ0) is 21.6. The van der Waals surface area contributed by atoms with Crippen molar-refractivity contribution in [2.45, 2.75) is 44.1 Å². The first kappa shape index (κ1) is 20.0. The van der Waals surface area contributed by atoms with Gasteiger partial charge in [0, 0.05) is 11.3 Å². The van der Waals surface area contributed by atoms with Gasteiger partial charge in [0.1, 0.15) is 12.6 Å². The number of carbonyl (C=O) groups is 2. The van der Waals surface area contributed by atoms with Crippen LogP contribution in [0.2, 0.25) is 0 Å². The Morgan fingerprint density at radius 2 is 1.65 bits per heavy atom. The van der Waals surface area contributed by atoms with E-state index < -0.39 is 23.5 Å². The molecule has 6 heteroatoms. The number of carbonyl (C=O) groups excluding carboxylic acids is 1. The summed E-state index contributed by atoms with van der Waals surface area (Å²) in [6, 6.07) is 15.2. The van der Waals surface area contributed by atoms with Crippen LogP contribution >= 0.6 is 0 Å². The van der Waals surface area contributed by atoms with Crippen LogP contribution in [0.25, 0.3) is 11.1 Å². The highest BCUT2D eigenvalue weighted by Crippen LogP contribution is 2.76. The maximum Gasteiger partial charge on any atom is 0.407 e. The number of benzene rings is 2. The van der Waals surface area contributed by atoms with E-state index in [1.165, 1.54) is 0 Å². The number of alkyl carbamates (subject to hydrolysis) is 1. The molecule has 3 saturated carbocycles. The highest BCUT2D eigenvalue weighted by atomic mass is 19.1. The van der Waals surface area contributed by atoms with E-state index >= 15 is 0 Å². The fraction of sp³-hybridized carbons (Fsp3) is 0.440. The average Bonchev–Trinajstić information content (AvgIpc) is 3.03. The number of carboxylic acids is 1. The third-order valence-corrected chi connectivity index (χ3v) is 7.49. The molecule has 2 aromatic rings. The van der Waals surface area contributed by atoms with Gasteiger partial charge in [-0.3, -0.25) is 4.39 Å². The van der Waals surface area contributed by atoms with E-state index in [9.17, 15) is 19.1 Å². The fourth-order valence-electron chi connectivity index (χ4n) is 6.33. The van der Waals surface area contributed by atoms with Gasteiger partial charge in [-0.2, -0.15) is 0 Å². The minimum atomic E-state index is -1.03. The number of fused-ring (bicyclic) bond motifs is 3. The summed E-state index contributed by atoms with van der Waals surface area (Å²) in [6.07, 6.45) is 2.83. The highest BCUT2D eigenvalue weighted by molar-refractivity contribution is 5.82. The van der Waals surface area contributed by atoms with E-state index in [1.54, 1.807) is 0 Å². The third-order valence-electron chi connectivity index (χ3n) is 7.49. The molecule has 1 amide bonds. The molecule has 1 unspecified atom stereocenters. The Hall–Kier alpha value is -2.89. The lowest BCUT2D eigenvalue weighted by atomic mass is 9.32. The van der Waals surface area contributed by atoms with Crippen LogP contribution in [0.3, 0.4) is 0 Å². The van der Waals surface area contributed by atoms with Gasteiger partial charge in [-0.05, 0) is 59.8 Å². The number of nitrogens with one attached hydrogen (secondary N) is 1. The molecule has 6 rings (SSSR count). The maximum absolute atomic E-state index is 12.5. The summed E-state index contributed by atoms with van der Waals surface area (Å²) in [5.41, 5.74) is 4.18. The summed E-state index contributed by atoms with van der Waals surface area (Å²) < 4.78 is 18.0. The molecule has 4 aliphatic rings. The van der Waals surface area contributed by atoms with Crippen molar-refractivity contribution in [3.05, 3.63) is 59.7 Å². The molecule has 0 radical (unpaired) electrons. The standard InChI is InChI=1S/C25H26FNO4/c26-11-5-10-24-13-25(14-24,15-24)21(22(28)29)27-23(30)31-12-20-18-8-3-1-6-16(18)17-7-2-4-9-19(17)20/h1-4,6-9,20-21H,5,10-15H2,(H,27,30)(H,28,29). The van der Waals surface area contributed by atoms with Crippen LogP contribution in [0.4, 0.5) is 9.18 Å². The minimum Gasteiger partial charge on any atom is -0.480 e. The number of aliphatic carboxylic acids is 1. The van der Waals surface area contributed by atoms with Crippen LogP contribution in [0.1, 0.15) is 49.1 Å². The molecule has 4 aliphatic carbocycles. The van der Waals surface area contributed by atoms with Crippen molar-refractivity contribution >= 4 is 12.1 Å². The number of rotatable bonds is 8. The second kappa shape index (κ2) is 7.36. The summed E-state index contributed by atoms with van der Waals surface area (Å²) in [4.78, 5) is 24.4. The monoisotopic (exact) mass is 423 g/mol. The molecule has 0 heterocycles. The van der Waals surface area contributed by atoms with Crippen molar-refractivity contribution in [2.24, 2.45) is 10.8 Å². The van der Waals surface area contributed by atoms with Crippen molar-refractivity contribution in [2.75, 3.05) is 13.3 Å². The first-order valence-corrected chi connectivity index (χ1v) is 10.9. The van der Waals surface area contributed by atoms with E-state index in [2.05, 4.69) is 17.4 Å². The summed E-state index contributed by atoms with van der Waals surface area (Å²) in [5, 5.41) is 12.3. The van der Waals surface area contributed by atoms with Crippen molar-refractivity contribution in [3.63, 3.8) is 0 Å². The lowest BCUT2D eigenvalue weighted by Gasteiger charge is -2.72. The first-order valence-electron chi connectivity index (χ1n) is 10.9. The number of hydrogen-bond acceptors (Lipinski definition) is 3. The molecular weight excluding hydrogens is 397 g/mol. The van der Waals surface area contributed by atoms with Gasteiger partial charge in [-0.1, -0.05) is 48.5 Å². The highest BCUT2D eigenvalue weighted by Gasteiger charge is 2.71. The molecule has 162 valence electrons. The predicted molar refractivity (Wildman–Crippen MR) is 114 cm³/mol. The lowest BCUT2D eigenvalue weighted by Crippen LogP contribution is -2.71. The molecule has 0 aromatic heterocycles. The molecule has 31 heavy (non-hydrogen) atoms. The molecular formula is C25H26FNO4. The number of halogens is 1. The van der Waals surface area contributed by atoms with Crippen LogP contribution in [0, 0.1) is 10.8 Å². The van der Waals surface area contributed by atoms with Crippen molar-refractivity contribution < 1.29 is 23.8 Å². The minimum absolute atomic E-state index is 0.0691. The number of alkyl halides is 1. The third kappa shape index (κ3) is 3.20. The van der Waals surface area contributed by atoms with Gasteiger partial charge in [-0.25, -0.2) is 9.59 Å². The van der Waals surface area contributed by atoms with Gasteiger partial charge in [0.25, 0.3) is 0 Å². The van der Waals surface area contributed by atoms with Gasteiger partial charge < -0.3 is 15.2 Å². The Morgan fingerprint density at radius 1 is 1.06 bits per heavy atom. The molecule has 1 atom stereocenters. The van der Waals surface area contributed by atoms with Crippen LogP contribution in [-0.4, -0.2) is 36.5 Å². The average molecular weight is 423 g/mol. The molecule has 2 aromatic carbocycles. The Balaban J connectivity index is 1.23. The molecule has 3 fully saturated rings. The first-order chi connectivity index (χ1) is 15.0. The van der Waals surface area contributed by atoms with E-state index in [0.717, 1.165) is 47.9 Å². The van der Waals surface area contributed by atoms with Gasteiger partial charge in [-0.15, -0.1) is 0 Å². The number of hydrogen-bond donors (Lipinski definition) is 2. The fourth-order valence-corrected chi connectivity index (χ4v) is 6.33. The van der Waals surface area contributed by atoms with Crippen molar-refractivity contribution in [1.29, 1.82) is 0 Å². The smallest absolute Gasteiger partial charge is 0.407 e. The topological polar surface area (TPSA) is 75.6 Å². The summed E-state index contributed by atoms with van der Waals surface area (Å²) in [7, 11) is 0. The predicted octanol–water partition coefficient (Wildman–Crippen LogP) is 4.90. The number of carboxylic acid groups (broad SMARTS) is 1. The van der Waals surface area contributed by atoms with E-state index in [0.29, 0.717) is 6.42 Å². The Labute approximate surface area is 180 Å². The Bertz CT molecular complexity index is 970. The van der Waals surface area contributed by atoms with Crippen LogP contribution in [-0.2, 0) is 9.53 Å². The largest absolute Gasteiger partial charge is 0.480 e. The Kier molecular flexibility index (Phi) is 4.76.